The predicted octanol–water partition coefficient (Wildman–Crippen LogP) is 2.15. The van der Waals surface area contributed by atoms with Gasteiger partial charge in [0.2, 0.25) is 0 Å². The van der Waals surface area contributed by atoms with Gasteiger partial charge in [0.1, 0.15) is 11.5 Å². The van der Waals surface area contributed by atoms with Crippen LogP contribution >= 0.6 is 0 Å². The van der Waals surface area contributed by atoms with E-state index >= 15 is 0 Å². The summed E-state index contributed by atoms with van der Waals surface area (Å²) in [4.78, 5) is 0. The Morgan fingerprint density at radius 3 is 1.24 bits per heavy atom. The van der Waals surface area contributed by atoms with E-state index in [0.717, 1.165) is 41.9 Å². The van der Waals surface area contributed by atoms with E-state index in [0.29, 0.717) is 13.2 Å². The van der Waals surface area contributed by atoms with Crippen LogP contribution in [-0.2, 0) is 0 Å². The molecule has 2 rings (SSSR count). The van der Waals surface area contributed by atoms with E-state index in [1.54, 1.807) is 0 Å². The van der Waals surface area contributed by atoms with Crippen LogP contribution in [0.4, 0.5) is 0 Å². The number of hydrogen-bond acceptors (Lipinski definition) is 6. The molecule has 0 spiro atoms. The SMILES string of the molecule is NC(N)c1ccc(OCCCCCOc2ccc(C(N)N)cc2)cc1. The predicted molar refractivity (Wildman–Crippen MR) is 100.0 cm³/mol. The molecule has 8 N–H and O–H groups in total. The molecule has 136 valence electrons. The van der Waals surface area contributed by atoms with Crippen molar-refractivity contribution in [3.8, 4) is 11.5 Å². The summed E-state index contributed by atoms with van der Waals surface area (Å²) in [7, 11) is 0. The molecule has 6 heteroatoms. The summed E-state index contributed by atoms with van der Waals surface area (Å²) >= 11 is 0. The second-order valence-corrected chi connectivity index (χ2v) is 5.95. The second-order valence-electron chi connectivity index (χ2n) is 5.95. The van der Waals surface area contributed by atoms with Crippen LogP contribution in [0.25, 0.3) is 0 Å². The van der Waals surface area contributed by atoms with Gasteiger partial charge in [-0.05, 0) is 54.7 Å². The molecular weight excluding hydrogens is 316 g/mol. The number of hydrogen-bond donors (Lipinski definition) is 4. The van der Waals surface area contributed by atoms with Gasteiger partial charge in [-0.25, -0.2) is 0 Å². The molecule has 0 saturated heterocycles. The molecule has 0 heterocycles. The summed E-state index contributed by atoms with van der Waals surface area (Å²) in [5.41, 5.74) is 24.2. The highest BCUT2D eigenvalue weighted by atomic mass is 16.5. The Balaban J connectivity index is 1.56. The fourth-order valence-electron chi connectivity index (χ4n) is 2.33. The lowest BCUT2D eigenvalue weighted by atomic mass is 10.2. The van der Waals surface area contributed by atoms with Gasteiger partial charge in [0, 0.05) is 0 Å². The van der Waals surface area contributed by atoms with Crippen LogP contribution in [0.3, 0.4) is 0 Å². The van der Waals surface area contributed by atoms with Crippen LogP contribution in [0.2, 0.25) is 0 Å². The largest absolute Gasteiger partial charge is 0.494 e. The highest BCUT2D eigenvalue weighted by Crippen LogP contribution is 2.16. The van der Waals surface area contributed by atoms with Gasteiger partial charge < -0.3 is 32.4 Å². The van der Waals surface area contributed by atoms with Crippen molar-refractivity contribution in [3.05, 3.63) is 59.7 Å². The third-order valence-electron chi connectivity index (χ3n) is 3.86. The Hall–Kier alpha value is -2.12. The quantitative estimate of drug-likeness (QED) is 0.387. The minimum absolute atomic E-state index is 0.447. The first-order valence-electron chi connectivity index (χ1n) is 8.54. The van der Waals surface area contributed by atoms with Crippen LogP contribution < -0.4 is 32.4 Å². The van der Waals surface area contributed by atoms with Gasteiger partial charge in [-0.2, -0.15) is 0 Å². The fourth-order valence-corrected chi connectivity index (χ4v) is 2.33. The molecule has 25 heavy (non-hydrogen) atoms. The summed E-state index contributed by atoms with van der Waals surface area (Å²) in [5.74, 6) is 1.66. The third-order valence-corrected chi connectivity index (χ3v) is 3.86. The maximum Gasteiger partial charge on any atom is 0.119 e. The molecule has 0 bridgehead atoms. The van der Waals surface area contributed by atoms with Crippen molar-refractivity contribution in [1.29, 1.82) is 0 Å². The van der Waals surface area contributed by atoms with Crippen molar-refractivity contribution >= 4 is 0 Å². The van der Waals surface area contributed by atoms with Crippen molar-refractivity contribution in [3.63, 3.8) is 0 Å². The van der Waals surface area contributed by atoms with Crippen LogP contribution in [0.15, 0.2) is 48.5 Å². The standard InChI is InChI=1S/C19H28N4O2/c20-18(21)14-4-8-16(9-5-14)24-12-2-1-3-13-25-17-10-6-15(7-11-17)19(22)23/h4-11,18-19H,1-3,12-13,20-23H2. The van der Waals surface area contributed by atoms with Gasteiger partial charge in [-0.3, -0.25) is 0 Å². The zero-order valence-corrected chi connectivity index (χ0v) is 14.4. The summed E-state index contributed by atoms with van der Waals surface area (Å²) in [6.07, 6.45) is 2.09. The Kier molecular flexibility index (Phi) is 7.69. The van der Waals surface area contributed by atoms with E-state index in [-0.39, 0.29) is 0 Å². The van der Waals surface area contributed by atoms with Crippen molar-refractivity contribution in [2.45, 2.75) is 31.6 Å². The summed E-state index contributed by atoms with van der Waals surface area (Å²) < 4.78 is 11.4. The minimum Gasteiger partial charge on any atom is -0.494 e. The molecule has 2 aromatic carbocycles. The van der Waals surface area contributed by atoms with E-state index in [2.05, 4.69) is 0 Å². The summed E-state index contributed by atoms with van der Waals surface area (Å²) in [6, 6.07) is 15.1. The lowest BCUT2D eigenvalue weighted by Crippen LogP contribution is -2.19. The van der Waals surface area contributed by atoms with Gasteiger partial charge in [-0.15, -0.1) is 0 Å². The van der Waals surface area contributed by atoms with E-state index in [9.17, 15) is 0 Å². The van der Waals surface area contributed by atoms with Crippen LogP contribution in [-0.4, -0.2) is 13.2 Å². The average Bonchev–Trinajstić information content (AvgIpc) is 2.61. The Morgan fingerprint density at radius 2 is 0.920 bits per heavy atom. The van der Waals surface area contributed by atoms with Gasteiger partial charge in [0.05, 0.1) is 25.5 Å². The molecule has 0 aliphatic heterocycles. The lowest BCUT2D eigenvalue weighted by molar-refractivity contribution is 0.279. The molecule has 0 unspecified atom stereocenters. The van der Waals surface area contributed by atoms with Crippen LogP contribution in [0.5, 0.6) is 11.5 Å². The molecule has 0 radical (unpaired) electrons. The topological polar surface area (TPSA) is 123 Å². The zero-order valence-electron chi connectivity index (χ0n) is 14.4. The summed E-state index contributed by atoms with van der Waals surface area (Å²) in [5, 5.41) is 0. The Labute approximate surface area is 149 Å². The number of ether oxygens (including phenoxy) is 2. The van der Waals surface area contributed by atoms with Crippen molar-refractivity contribution in [1.82, 2.24) is 0 Å². The van der Waals surface area contributed by atoms with Gasteiger partial charge in [0.25, 0.3) is 0 Å². The highest BCUT2D eigenvalue weighted by molar-refractivity contribution is 5.29. The maximum absolute atomic E-state index is 5.70. The van der Waals surface area contributed by atoms with E-state index in [1.165, 1.54) is 0 Å². The van der Waals surface area contributed by atoms with E-state index in [4.69, 9.17) is 32.4 Å². The monoisotopic (exact) mass is 344 g/mol. The molecule has 0 aliphatic carbocycles. The van der Waals surface area contributed by atoms with Crippen LogP contribution in [0.1, 0.15) is 42.7 Å². The first-order valence-corrected chi connectivity index (χ1v) is 8.54. The van der Waals surface area contributed by atoms with Crippen molar-refractivity contribution < 1.29 is 9.47 Å². The molecular formula is C19H28N4O2. The highest BCUT2D eigenvalue weighted by Gasteiger charge is 2.01. The second kappa shape index (κ2) is 10.0. The molecule has 2 aromatic rings. The smallest absolute Gasteiger partial charge is 0.119 e. The molecule has 0 aromatic heterocycles. The molecule has 0 saturated carbocycles. The fraction of sp³-hybridized carbons (Fsp3) is 0.368. The van der Waals surface area contributed by atoms with Gasteiger partial charge >= 0.3 is 0 Å². The number of rotatable bonds is 10. The first kappa shape index (κ1) is 19.2. The Morgan fingerprint density at radius 1 is 0.560 bits per heavy atom. The third kappa shape index (κ3) is 6.72. The van der Waals surface area contributed by atoms with E-state index in [1.807, 2.05) is 48.5 Å². The molecule has 6 nitrogen and oxygen atoms in total. The molecule has 0 amide bonds. The average molecular weight is 344 g/mol. The minimum atomic E-state index is -0.447. The van der Waals surface area contributed by atoms with Crippen molar-refractivity contribution in [2.75, 3.05) is 13.2 Å². The zero-order chi connectivity index (χ0) is 18.1. The van der Waals surface area contributed by atoms with Crippen LogP contribution in [0, 0.1) is 0 Å². The van der Waals surface area contributed by atoms with Gasteiger partial charge in [-0.1, -0.05) is 24.3 Å². The maximum atomic E-state index is 5.70. The number of benzene rings is 2. The molecule has 0 atom stereocenters. The Bertz CT molecular complexity index is 557. The number of nitrogens with two attached hydrogens (primary N) is 4. The van der Waals surface area contributed by atoms with E-state index < -0.39 is 12.3 Å². The lowest BCUT2D eigenvalue weighted by Gasteiger charge is -2.10. The van der Waals surface area contributed by atoms with Crippen molar-refractivity contribution in [2.24, 2.45) is 22.9 Å². The molecule has 0 fully saturated rings. The number of unbranched alkanes of at least 4 members (excludes halogenated alkanes) is 2. The normalized spacial score (nSPS) is 11.1. The molecule has 0 aliphatic rings. The first-order chi connectivity index (χ1) is 12.1. The van der Waals surface area contributed by atoms with Gasteiger partial charge in [0.15, 0.2) is 0 Å². The summed E-state index contributed by atoms with van der Waals surface area (Å²) in [6.45, 7) is 1.36.